The van der Waals surface area contributed by atoms with E-state index in [1.165, 1.54) is 11.4 Å². The predicted molar refractivity (Wildman–Crippen MR) is 85.3 cm³/mol. The molecular formula is C15H14FNO4S2. The number of thiophene rings is 1. The Kier molecular flexibility index (Phi) is 3.89. The minimum atomic E-state index is -3.97. The van der Waals surface area contributed by atoms with E-state index >= 15 is 0 Å². The number of sulfonamides is 1. The highest BCUT2D eigenvalue weighted by Crippen LogP contribution is 2.36. The number of carboxylic acids is 1. The molecule has 23 heavy (non-hydrogen) atoms. The number of anilines is 1. The summed E-state index contributed by atoms with van der Waals surface area (Å²) < 4.78 is 40.9. The van der Waals surface area contributed by atoms with E-state index in [9.17, 15) is 17.6 Å². The normalized spacial score (nSPS) is 14.6. The Hall–Kier alpha value is -1.93. The van der Waals surface area contributed by atoms with Crippen molar-refractivity contribution >= 4 is 33.0 Å². The second kappa shape index (κ2) is 5.61. The van der Waals surface area contributed by atoms with Gasteiger partial charge in [0.15, 0.2) is 0 Å². The third-order valence-electron chi connectivity index (χ3n) is 3.71. The smallest absolute Gasteiger partial charge is 0.336 e. The van der Waals surface area contributed by atoms with Crippen molar-refractivity contribution in [3.8, 4) is 0 Å². The number of aryl methyl sites for hydroxylation is 2. The average molecular weight is 355 g/mol. The Bertz CT molecular complexity index is 889. The minimum Gasteiger partial charge on any atom is -0.478 e. The van der Waals surface area contributed by atoms with Crippen molar-refractivity contribution in [3.05, 3.63) is 46.1 Å². The Morgan fingerprint density at radius 3 is 2.74 bits per heavy atom. The van der Waals surface area contributed by atoms with Gasteiger partial charge in [0, 0.05) is 11.9 Å². The van der Waals surface area contributed by atoms with Crippen LogP contribution in [0.1, 0.15) is 27.9 Å². The zero-order valence-corrected chi connectivity index (χ0v) is 13.9. The van der Waals surface area contributed by atoms with Crippen LogP contribution in [0.4, 0.5) is 10.1 Å². The zero-order valence-electron chi connectivity index (χ0n) is 12.2. The van der Waals surface area contributed by atoms with Crippen LogP contribution < -0.4 is 4.31 Å². The number of halogens is 1. The molecule has 1 aromatic carbocycles. The van der Waals surface area contributed by atoms with Crippen molar-refractivity contribution in [1.29, 1.82) is 0 Å². The maximum atomic E-state index is 14.4. The number of aromatic carboxylic acids is 1. The van der Waals surface area contributed by atoms with Gasteiger partial charge in [-0.15, -0.1) is 11.3 Å². The van der Waals surface area contributed by atoms with E-state index in [2.05, 4.69) is 0 Å². The van der Waals surface area contributed by atoms with Crippen molar-refractivity contribution in [1.82, 2.24) is 0 Å². The van der Waals surface area contributed by atoms with Crippen LogP contribution in [0.2, 0.25) is 0 Å². The molecule has 0 atom stereocenters. The van der Waals surface area contributed by atoms with Gasteiger partial charge in [-0.25, -0.2) is 17.6 Å². The molecule has 1 aromatic heterocycles. The van der Waals surface area contributed by atoms with E-state index in [0.29, 0.717) is 18.4 Å². The molecule has 5 nitrogen and oxygen atoms in total. The highest BCUT2D eigenvalue weighted by molar-refractivity contribution is 7.94. The molecule has 0 spiro atoms. The summed E-state index contributed by atoms with van der Waals surface area (Å²) in [6.45, 7) is 1.94. The van der Waals surface area contributed by atoms with Crippen LogP contribution in [0, 0.1) is 12.7 Å². The topological polar surface area (TPSA) is 74.7 Å². The lowest BCUT2D eigenvalue weighted by Gasteiger charge is -2.30. The molecule has 1 aliphatic heterocycles. The first-order valence-electron chi connectivity index (χ1n) is 6.94. The number of hydrogen-bond donors (Lipinski definition) is 1. The molecule has 0 amide bonds. The summed E-state index contributed by atoms with van der Waals surface area (Å²) in [6, 6.07) is 4.21. The number of hydrogen-bond acceptors (Lipinski definition) is 4. The van der Waals surface area contributed by atoms with Gasteiger partial charge in [-0.05, 0) is 43.0 Å². The van der Waals surface area contributed by atoms with E-state index in [4.69, 9.17) is 5.11 Å². The Morgan fingerprint density at radius 2 is 2.09 bits per heavy atom. The highest BCUT2D eigenvalue weighted by Gasteiger charge is 2.33. The maximum Gasteiger partial charge on any atom is 0.336 e. The Morgan fingerprint density at radius 1 is 1.35 bits per heavy atom. The predicted octanol–water partition coefficient (Wildman–Crippen LogP) is 3.04. The molecule has 0 unspecified atom stereocenters. The summed E-state index contributed by atoms with van der Waals surface area (Å²) >= 11 is 0.829. The molecule has 1 N–H and O–H groups in total. The molecule has 8 heteroatoms. The third kappa shape index (κ3) is 2.72. The Labute approximate surface area is 137 Å². The molecule has 0 bridgehead atoms. The largest absolute Gasteiger partial charge is 0.478 e. The fraction of sp³-hybridized carbons (Fsp3) is 0.267. The quantitative estimate of drug-likeness (QED) is 0.918. The maximum absolute atomic E-state index is 14.4. The van der Waals surface area contributed by atoms with Gasteiger partial charge in [-0.1, -0.05) is 6.07 Å². The number of rotatable bonds is 3. The first kappa shape index (κ1) is 15.9. The van der Waals surface area contributed by atoms with Gasteiger partial charge < -0.3 is 5.11 Å². The minimum absolute atomic E-state index is 0.0760. The summed E-state index contributed by atoms with van der Waals surface area (Å²) in [5, 5.41) is 10.2. The van der Waals surface area contributed by atoms with Gasteiger partial charge in [-0.3, -0.25) is 4.31 Å². The number of carboxylic acid groups (broad SMARTS) is 1. The van der Waals surface area contributed by atoms with E-state index < -0.39 is 21.8 Å². The van der Waals surface area contributed by atoms with Crippen molar-refractivity contribution in [2.75, 3.05) is 10.8 Å². The highest BCUT2D eigenvalue weighted by atomic mass is 32.2. The molecule has 0 fully saturated rings. The SMILES string of the molecule is Cc1cc(F)c2c(c1)CCCN2S(=O)(=O)c1cc(C(=O)O)cs1. The van der Waals surface area contributed by atoms with Crippen LogP contribution in [0.15, 0.2) is 27.8 Å². The van der Waals surface area contributed by atoms with Crippen molar-refractivity contribution < 1.29 is 22.7 Å². The molecule has 0 radical (unpaired) electrons. The summed E-state index contributed by atoms with van der Waals surface area (Å²) in [5.41, 5.74) is 1.39. The summed E-state index contributed by atoms with van der Waals surface area (Å²) in [4.78, 5) is 10.9. The average Bonchev–Trinajstić information content (AvgIpc) is 2.97. The molecule has 1 aliphatic rings. The van der Waals surface area contributed by atoms with Crippen LogP contribution in [0.25, 0.3) is 0 Å². The molecule has 2 aromatic rings. The number of nitrogens with zero attached hydrogens (tertiary/aromatic N) is 1. The molecule has 2 heterocycles. The van der Waals surface area contributed by atoms with Crippen LogP contribution in [-0.4, -0.2) is 26.0 Å². The second-order valence-electron chi connectivity index (χ2n) is 5.39. The van der Waals surface area contributed by atoms with E-state index in [1.54, 1.807) is 13.0 Å². The zero-order chi connectivity index (χ0) is 16.8. The molecule has 0 saturated carbocycles. The van der Waals surface area contributed by atoms with Gasteiger partial charge in [-0.2, -0.15) is 0 Å². The fourth-order valence-corrected chi connectivity index (χ4v) is 5.53. The number of fused-ring (bicyclic) bond motifs is 1. The first-order valence-corrected chi connectivity index (χ1v) is 9.26. The standard InChI is InChI=1S/C15H14FNO4S2/c1-9-5-10-3-2-4-17(14(10)12(16)6-9)23(20,21)13-7-11(8-22-13)15(18)19/h5-8H,2-4H2,1H3,(H,18,19). The number of benzene rings is 1. The van der Waals surface area contributed by atoms with Crippen LogP contribution in [0.5, 0.6) is 0 Å². The summed E-state index contributed by atoms with van der Waals surface area (Å²) in [7, 11) is -3.97. The molecule has 122 valence electrons. The van der Waals surface area contributed by atoms with Gasteiger partial charge in [0.2, 0.25) is 0 Å². The van der Waals surface area contributed by atoms with Gasteiger partial charge in [0.1, 0.15) is 10.0 Å². The van der Waals surface area contributed by atoms with Crippen LogP contribution >= 0.6 is 11.3 Å². The van der Waals surface area contributed by atoms with E-state index in [-0.39, 0.29) is 22.0 Å². The Balaban J connectivity index is 2.10. The fourth-order valence-electron chi connectivity index (χ4n) is 2.71. The third-order valence-corrected chi connectivity index (χ3v) is 6.92. The van der Waals surface area contributed by atoms with Crippen LogP contribution in [0.3, 0.4) is 0 Å². The second-order valence-corrected chi connectivity index (χ2v) is 8.40. The van der Waals surface area contributed by atoms with Gasteiger partial charge in [0.25, 0.3) is 10.0 Å². The molecule has 3 rings (SSSR count). The first-order chi connectivity index (χ1) is 10.8. The van der Waals surface area contributed by atoms with Gasteiger partial charge >= 0.3 is 5.97 Å². The van der Waals surface area contributed by atoms with E-state index in [0.717, 1.165) is 27.3 Å². The lowest BCUT2D eigenvalue weighted by atomic mass is 10.0. The summed E-state index contributed by atoms with van der Waals surface area (Å²) in [5.74, 6) is -1.76. The summed E-state index contributed by atoms with van der Waals surface area (Å²) in [6.07, 6.45) is 1.21. The van der Waals surface area contributed by atoms with Crippen molar-refractivity contribution in [2.24, 2.45) is 0 Å². The molecule has 0 saturated heterocycles. The molecular weight excluding hydrogens is 341 g/mol. The van der Waals surface area contributed by atoms with Crippen LogP contribution in [-0.2, 0) is 16.4 Å². The lowest BCUT2D eigenvalue weighted by molar-refractivity contribution is 0.0697. The van der Waals surface area contributed by atoms with Gasteiger partial charge in [0.05, 0.1) is 11.3 Å². The van der Waals surface area contributed by atoms with Crippen molar-refractivity contribution in [3.63, 3.8) is 0 Å². The van der Waals surface area contributed by atoms with Crippen molar-refractivity contribution in [2.45, 2.75) is 24.0 Å². The monoisotopic (exact) mass is 355 g/mol. The lowest BCUT2D eigenvalue weighted by Crippen LogP contribution is -2.36. The van der Waals surface area contributed by atoms with E-state index in [1.807, 2.05) is 0 Å². The number of carbonyl (C=O) groups is 1. The molecule has 0 aliphatic carbocycles.